The highest BCUT2D eigenvalue weighted by atomic mass is 16.4. The Morgan fingerprint density at radius 1 is 1.36 bits per heavy atom. The number of carboxylic acids is 1. The molecule has 0 aromatic heterocycles. The topological polar surface area (TPSA) is 37.3 Å². The van der Waals surface area contributed by atoms with Crippen LogP contribution in [-0.2, 0) is 4.79 Å². The van der Waals surface area contributed by atoms with E-state index < -0.39 is 5.97 Å². The van der Waals surface area contributed by atoms with Crippen molar-refractivity contribution in [2.24, 2.45) is 0 Å². The first-order chi connectivity index (χ1) is 5.13. The van der Waals surface area contributed by atoms with Crippen LogP contribution >= 0.6 is 0 Å². The summed E-state index contributed by atoms with van der Waals surface area (Å²) in [6.45, 7) is 5.86. The van der Waals surface area contributed by atoms with Crippen molar-refractivity contribution >= 4 is 5.97 Å². The van der Waals surface area contributed by atoms with Crippen molar-refractivity contribution in [1.82, 2.24) is 0 Å². The average Bonchev–Trinajstić information content (AvgIpc) is 1.98. The second kappa shape index (κ2) is 4.94. The van der Waals surface area contributed by atoms with E-state index in [-0.39, 0.29) is 0 Å². The molecule has 0 fully saturated rings. The Kier molecular flexibility index (Phi) is 4.59. The van der Waals surface area contributed by atoms with Gasteiger partial charge in [-0.15, -0.1) is 0 Å². The minimum absolute atomic E-state index is 0.593. The third kappa shape index (κ3) is 3.21. The minimum atomic E-state index is -0.758. The van der Waals surface area contributed by atoms with Crippen molar-refractivity contribution in [3.8, 4) is 0 Å². The fourth-order valence-electron chi connectivity index (χ4n) is 0.966. The van der Waals surface area contributed by atoms with Gasteiger partial charge in [0.2, 0.25) is 0 Å². The molecule has 2 heteroatoms. The largest absolute Gasteiger partial charge is 0.478 e. The highest BCUT2D eigenvalue weighted by molar-refractivity contribution is 5.87. The number of carbonyl (C=O) groups is 1. The third-order valence-corrected chi connectivity index (χ3v) is 1.80. The fraction of sp³-hybridized carbons (Fsp3) is 0.667. The molecule has 2 nitrogen and oxygen atoms in total. The van der Waals surface area contributed by atoms with Gasteiger partial charge in [0, 0.05) is 5.57 Å². The quantitative estimate of drug-likeness (QED) is 0.635. The zero-order valence-corrected chi connectivity index (χ0v) is 7.48. The summed E-state index contributed by atoms with van der Waals surface area (Å²) in [4.78, 5) is 10.6. The summed E-state index contributed by atoms with van der Waals surface area (Å²) in [6, 6.07) is 0. The van der Waals surface area contributed by atoms with Gasteiger partial charge in [-0.1, -0.05) is 25.8 Å². The van der Waals surface area contributed by atoms with Crippen LogP contribution in [0.25, 0.3) is 0 Å². The Morgan fingerprint density at radius 2 is 1.91 bits per heavy atom. The van der Waals surface area contributed by atoms with E-state index in [1.807, 2.05) is 20.8 Å². The zero-order valence-electron chi connectivity index (χ0n) is 7.48. The normalized spacial score (nSPS) is 12.6. The van der Waals surface area contributed by atoms with Gasteiger partial charge in [0.1, 0.15) is 0 Å². The first-order valence-electron chi connectivity index (χ1n) is 4.05. The number of rotatable bonds is 4. The molecule has 0 aliphatic heterocycles. The lowest BCUT2D eigenvalue weighted by molar-refractivity contribution is -0.132. The highest BCUT2D eigenvalue weighted by Crippen LogP contribution is 2.13. The van der Waals surface area contributed by atoms with E-state index in [9.17, 15) is 4.79 Å². The van der Waals surface area contributed by atoms with Crippen LogP contribution in [-0.4, -0.2) is 11.1 Å². The molecule has 0 spiro atoms. The van der Waals surface area contributed by atoms with Gasteiger partial charge in [-0.25, -0.2) is 4.79 Å². The molecule has 0 aliphatic rings. The molecule has 11 heavy (non-hydrogen) atoms. The Bertz CT molecular complexity index is 168. The van der Waals surface area contributed by atoms with Crippen molar-refractivity contribution < 1.29 is 9.90 Å². The smallest absolute Gasteiger partial charge is 0.331 e. The Morgan fingerprint density at radius 3 is 2.18 bits per heavy atom. The summed E-state index contributed by atoms with van der Waals surface area (Å²) < 4.78 is 0. The lowest BCUT2D eigenvalue weighted by Crippen LogP contribution is -2.02. The monoisotopic (exact) mass is 156 g/mol. The van der Waals surface area contributed by atoms with Gasteiger partial charge in [0.15, 0.2) is 0 Å². The van der Waals surface area contributed by atoms with E-state index >= 15 is 0 Å². The minimum Gasteiger partial charge on any atom is -0.478 e. The first kappa shape index (κ1) is 10.2. The summed E-state index contributed by atoms with van der Waals surface area (Å²) in [5, 5.41) is 8.75. The van der Waals surface area contributed by atoms with E-state index in [1.165, 1.54) is 0 Å². The van der Waals surface area contributed by atoms with Gasteiger partial charge in [-0.2, -0.15) is 0 Å². The number of allylic oxidation sites excluding steroid dienone is 1. The molecule has 0 aliphatic carbocycles. The number of hydrogen-bond acceptors (Lipinski definition) is 1. The number of aliphatic carboxylic acids is 1. The van der Waals surface area contributed by atoms with Crippen LogP contribution in [0.2, 0.25) is 0 Å². The number of carboxylic acid groups (broad SMARTS) is 1. The molecule has 0 bridgehead atoms. The van der Waals surface area contributed by atoms with Crippen LogP contribution in [0.1, 0.15) is 40.0 Å². The van der Waals surface area contributed by atoms with Crippen molar-refractivity contribution in [2.75, 3.05) is 0 Å². The predicted octanol–water partition coefficient (Wildman–Crippen LogP) is 2.60. The van der Waals surface area contributed by atoms with Crippen LogP contribution in [0.5, 0.6) is 0 Å². The average molecular weight is 156 g/mol. The van der Waals surface area contributed by atoms with Gasteiger partial charge in [-0.05, 0) is 19.8 Å². The molecule has 1 N–H and O–H groups in total. The first-order valence-corrected chi connectivity index (χ1v) is 4.05. The maximum Gasteiger partial charge on any atom is 0.331 e. The fourth-order valence-corrected chi connectivity index (χ4v) is 0.966. The van der Waals surface area contributed by atoms with Gasteiger partial charge in [0.05, 0.1) is 0 Å². The molecule has 0 atom stereocenters. The molecule has 0 heterocycles. The zero-order chi connectivity index (χ0) is 8.85. The molecule has 0 amide bonds. The molecule has 64 valence electrons. The van der Waals surface area contributed by atoms with Crippen LogP contribution in [0, 0.1) is 0 Å². The van der Waals surface area contributed by atoms with E-state index in [0.717, 1.165) is 18.4 Å². The SMILES string of the molecule is CCCC(C(=O)O)=C(C)CC. The summed E-state index contributed by atoms with van der Waals surface area (Å²) >= 11 is 0. The third-order valence-electron chi connectivity index (χ3n) is 1.80. The van der Waals surface area contributed by atoms with E-state index in [4.69, 9.17) is 5.11 Å². The van der Waals surface area contributed by atoms with Crippen LogP contribution in [0.4, 0.5) is 0 Å². The molecule has 0 saturated heterocycles. The Balaban J connectivity index is 4.43. The second-order valence-electron chi connectivity index (χ2n) is 2.67. The van der Waals surface area contributed by atoms with Gasteiger partial charge in [-0.3, -0.25) is 0 Å². The summed E-state index contributed by atoms with van der Waals surface area (Å²) in [7, 11) is 0. The molecular weight excluding hydrogens is 140 g/mol. The van der Waals surface area contributed by atoms with Crippen LogP contribution in [0.15, 0.2) is 11.1 Å². The molecule has 0 unspecified atom stereocenters. The van der Waals surface area contributed by atoms with Gasteiger partial charge < -0.3 is 5.11 Å². The predicted molar refractivity (Wildman–Crippen MR) is 45.5 cm³/mol. The Hall–Kier alpha value is -0.790. The molecule has 0 radical (unpaired) electrons. The summed E-state index contributed by atoms with van der Waals surface area (Å²) in [5.41, 5.74) is 1.59. The Labute approximate surface area is 67.9 Å². The maximum atomic E-state index is 10.6. The van der Waals surface area contributed by atoms with Crippen molar-refractivity contribution in [2.45, 2.75) is 40.0 Å². The van der Waals surface area contributed by atoms with Crippen molar-refractivity contribution in [3.05, 3.63) is 11.1 Å². The van der Waals surface area contributed by atoms with E-state index in [2.05, 4.69) is 0 Å². The van der Waals surface area contributed by atoms with Gasteiger partial charge >= 0.3 is 5.97 Å². The summed E-state index contributed by atoms with van der Waals surface area (Å²) in [5.74, 6) is -0.758. The molecular formula is C9H16O2. The second-order valence-corrected chi connectivity index (χ2v) is 2.67. The van der Waals surface area contributed by atoms with Crippen LogP contribution in [0.3, 0.4) is 0 Å². The number of hydrogen-bond donors (Lipinski definition) is 1. The molecule has 0 saturated carbocycles. The van der Waals surface area contributed by atoms with Crippen molar-refractivity contribution in [1.29, 1.82) is 0 Å². The summed E-state index contributed by atoms with van der Waals surface area (Å²) in [6.07, 6.45) is 2.43. The van der Waals surface area contributed by atoms with E-state index in [0.29, 0.717) is 12.0 Å². The molecule has 0 aromatic rings. The lowest BCUT2D eigenvalue weighted by Gasteiger charge is -2.03. The van der Waals surface area contributed by atoms with Gasteiger partial charge in [0.25, 0.3) is 0 Å². The lowest BCUT2D eigenvalue weighted by atomic mass is 10.0. The highest BCUT2D eigenvalue weighted by Gasteiger charge is 2.08. The van der Waals surface area contributed by atoms with Crippen molar-refractivity contribution in [3.63, 3.8) is 0 Å². The standard InChI is InChI=1S/C9H16O2/c1-4-6-8(9(10)11)7(3)5-2/h4-6H2,1-3H3,(H,10,11). The maximum absolute atomic E-state index is 10.6. The van der Waals surface area contributed by atoms with E-state index in [1.54, 1.807) is 0 Å². The molecule has 0 rings (SSSR count). The van der Waals surface area contributed by atoms with Crippen LogP contribution < -0.4 is 0 Å². The molecule has 0 aromatic carbocycles.